The second kappa shape index (κ2) is 5.50. The third-order valence-corrected chi connectivity index (χ3v) is 3.78. The highest BCUT2D eigenvalue weighted by Crippen LogP contribution is 2.42. The van der Waals surface area contributed by atoms with Crippen molar-refractivity contribution in [3.05, 3.63) is 47.2 Å². The van der Waals surface area contributed by atoms with Gasteiger partial charge in [0, 0.05) is 23.4 Å². The number of benzene rings is 1. The minimum Gasteiger partial charge on any atom is -0.472 e. The maximum absolute atomic E-state index is 11.6. The number of rotatable bonds is 5. The zero-order valence-electron chi connectivity index (χ0n) is 10.6. The van der Waals surface area contributed by atoms with Gasteiger partial charge in [-0.25, -0.2) is 4.09 Å². The van der Waals surface area contributed by atoms with Crippen LogP contribution in [0.3, 0.4) is 0 Å². The summed E-state index contributed by atoms with van der Waals surface area (Å²) in [5.41, 5.74) is 2.53. The van der Waals surface area contributed by atoms with Gasteiger partial charge in [-0.2, -0.15) is 0 Å². The Balaban J connectivity index is 1.87. The lowest BCUT2D eigenvalue weighted by Crippen LogP contribution is -2.06. The van der Waals surface area contributed by atoms with Crippen molar-refractivity contribution in [1.82, 2.24) is 9.19 Å². The molecule has 0 saturated heterocycles. The van der Waals surface area contributed by atoms with E-state index in [4.69, 9.17) is 16.3 Å². The highest BCUT2D eigenvalue weighted by Gasteiger charge is 2.28. The van der Waals surface area contributed by atoms with Gasteiger partial charge in [0.25, 0.3) is 5.24 Å². The maximum Gasteiger partial charge on any atom is 0.252 e. The lowest BCUT2D eigenvalue weighted by atomic mass is 9.99. The highest BCUT2D eigenvalue weighted by molar-refractivity contribution is 7.78. The van der Waals surface area contributed by atoms with Crippen molar-refractivity contribution in [1.29, 1.82) is 0 Å². The first-order chi connectivity index (χ1) is 9.65. The Hall–Kier alpha value is -1.46. The molecule has 1 fully saturated rings. The number of hydrogen-bond acceptors (Lipinski definition) is 4. The second-order valence-electron chi connectivity index (χ2n) is 4.78. The summed E-state index contributed by atoms with van der Waals surface area (Å²) < 4.78 is 7.00. The molecule has 20 heavy (non-hydrogen) atoms. The first kappa shape index (κ1) is 13.5. The van der Waals surface area contributed by atoms with Gasteiger partial charge in [0.2, 0.25) is 5.88 Å². The number of thiol groups is 1. The molecule has 1 saturated carbocycles. The molecule has 0 aliphatic heterocycles. The molecule has 0 unspecified atom stereocenters. The van der Waals surface area contributed by atoms with E-state index < -0.39 is 5.24 Å². The minimum atomic E-state index is -0.453. The molecule has 1 aliphatic rings. The van der Waals surface area contributed by atoms with Crippen molar-refractivity contribution >= 4 is 29.7 Å². The van der Waals surface area contributed by atoms with Crippen LogP contribution in [0.2, 0.25) is 0 Å². The molecule has 6 heteroatoms. The Kier molecular flexibility index (Phi) is 3.72. The molecule has 0 amide bonds. The maximum atomic E-state index is 11.6. The van der Waals surface area contributed by atoms with Crippen molar-refractivity contribution in [2.24, 2.45) is 0 Å². The normalized spacial score (nSPS) is 14.3. The average Bonchev–Trinajstić information content (AvgIpc) is 3.19. The smallest absolute Gasteiger partial charge is 0.252 e. The summed E-state index contributed by atoms with van der Waals surface area (Å²) >= 11 is 9.72. The monoisotopic (exact) mass is 308 g/mol. The average molecular weight is 309 g/mol. The summed E-state index contributed by atoms with van der Waals surface area (Å²) in [4.78, 5) is 11.6. The highest BCUT2D eigenvalue weighted by atomic mass is 35.5. The predicted octanol–water partition coefficient (Wildman–Crippen LogP) is 3.41. The van der Waals surface area contributed by atoms with Crippen LogP contribution < -0.4 is 4.74 Å². The lowest BCUT2D eigenvalue weighted by molar-refractivity contribution is 0.107. The molecule has 1 aliphatic carbocycles. The van der Waals surface area contributed by atoms with E-state index >= 15 is 0 Å². The van der Waals surface area contributed by atoms with Crippen LogP contribution in [0.1, 0.15) is 40.2 Å². The van der Waals surface area contributed by atoms with Crippen LogP contribution in [-0.2, 0) is 6.61 Å². The number of ether oxygens (including phenoxy) is 1. The Morgan fingerprint density at radius 2 is 2.25 bits per heavy atom. The van der Waals surface area contributed by atoms with Crippen molar-refractivity contribution in [2.75, 3.05) is 0 Å². The number of carbonyl (C=O) groups excluding carboxylic acids is 1. The van der Waals surface area contributed by atoms with Crippen molar-refractivity contribution in [2.45, 2.75) is 25.4 Å². The first-order valence-corrected chi connectivity index (χ1v) is 7.12. The van der Waals surface area contributed by atoms with E-state index in [1.807, 2.05) is 12.1 Å². The zero-order valence-corrected chi connectivity index (χ0v) is 12.3. The minimum absolute atomic E-state index is 0.283. The SMILES string of the molecule is O=C(Cl)c1cccc(C2CC2)c1COc1ccn(S)n1. The molecule has 1 aromatic heterocycles. The molecule has 104 valence electrons. The molecule has 0 radical (unpaired) electrons. The Morgan fingerprint density at radius 3 is 2.85 bits per heavy atom. The number of aromatic nitrogens is 2. The fourth-order valence-electron chi connectivity index (χ4n) is 2.25. The zero-order chi connectivity index (χ0) is 14.1. The topological polar surface area (TPSA) is 44.1 Å². The van der Waals surface area contributed by atoms with Crippen LogP contribution in [0.25, 0.3) is 0 Å². The number of hydrogen-bond donors (Lipinski definition) is 1. The molecule has 0 spiro atoms. The number of carbonyl (C=O) groups is 1. The van der Waals surface area contributed by atoms with E-state index in [2.05, 4.69) is 17.9 Å². The van der Waals surface area contributed by atoms with Gasteiger partial charge >= 0.3 is 0 Å². The van der Waals surface area contributed by atoms with Crippen LogP contribution >= 0.6 is 24.4 Å². The number of halogens is 1. The molecule has 1 aromatic carbocycles. The van der Waals surface area contributed by atoms with Crippen molar-refractivity contribution in [3.63, 3.8) is 0 Å². The van der Waals surface area contributed by atoms with Crippen LogP contribution in [0.5, 0.6) is 5.88 Å². The molecule has 0 atom stereocenters. The third kappa shape index (κ3) is 2.83. The van der Waals surface area contributed by atoms with Gasteiger partial charge in [0.1, 0.15) is 6.61 Å². The first-order valence-electron chi connectivity index (χ1n) is 6.34. The fraction of sp³-hybridized carbons (Fsp3) is 0.286. The summed E-state index contributed by atoms with van der Waals surface area (Å²) in [6.07, 6.45) is 3.98. The van der Waals surface area contributed by atoms with E-state index in [1.54, 1.807) is 18.3 Å². The van der Waals surface area contributed by atoms with E-state index in [9.17, 15) is 4.79 Å². The quantitative estimate of drug-likeness (QED) is 0.680. The van der Waals surface area contributed by atoms with E-state index in [0.717, 1.165) is 24.0 Å². The van der Waals surface area contributed by atoms with Gasteiger partial charge in [0.05, 0.1) is 0 Å². The fourth-order valence-corrected chi connectivity index (χ4v) is 2.58. The van der Waals surface area contributed by atoms with E-state index in [0.29, 0.717) is 17.4 Å². The Bertz CT molecular complexity index is 652. The van der Waals surface area contributed by atoms with Crippen molar-refractivity contribution < 1.29 is 9.53 Å². The third-order valence-electron chi connectivity index (χ3n) is 3.36. The number of nitrogens with zero attached hydrogens (tertiary/aromatic N) is 2. The van der Waals surface area contributed by atoms with Crippen molar-refractivity contribution in [3.8, 4) is 5.88 Å². The molecule has 2 aromatic rings. The van der Waals surface area contributed by atoms with Crippen LogP contribution in [0, 0.1) is 0 Å². The van der Waals surface area contributed by atoms with Gasteiger partial charge in [0.15, 0.2) is 0 Å². The second-order valence-corrected chi connectivity index (χ2v) is 5.54. The van der Waals surface area contributed by atoms with E-state index in [-0.39, 0.29) is 6.61 Å². The van der Waals surface area contributed by atoms with Crippen LogP contribution in [0.4, 0.5) is 0 Å². The summed E-state index contributed by atoms with van der Waals surface area (Å²) in [7, 11) is 0. The van der Waals surface area contributed by atoms with Gasteiger partial charge in [-0.15, -0.1) is 5.10 Å². The summed E-state index contributed by atoms with van der Waals surface area (Å²) in [5, 5.41) is 3.58. The molecule has 0 bridgehead atoms. The van der Waals surface area contributed by atoms with Gasteiger partial charge < -0.3 is 4.74 Å². The molecule has 4 nitrogen and oxygen atoms in total. The van der Waals surface area contributed by atoms with Gasteiger partial charge in [-0.3, -0.25) is 4.79 Å². The summed E-state index contributed by atoms with van der Waals surface area (Å²) in [6, 6.07) is 7.36. The molecule has 1 heterocycles. The summed E-state index contributed by atoms with van der Waals surface area (Å²) in [5.74, 6) is 0.991. The molecule has 3 rings (SSSR count). The summed E-state index contributed by atoms with van der Waals surface area (Å²) in [6.45, 7) is 0.283. The van der Waals surface area contributed by atoms with E-state index in [1.165, 1.54) is 4.09 Å². The van der Waals surface area contributed by atoms with Crippen LogP contribution in [-0.4, -0.2) is 14.4 Å². The van der Waals surface area contributed by atoms with Gasteiger partial charge in [-0.05, 0) is 54.8 Å². The largest absolute Gasteiger partial charge is 0.472 e. The molecular weight excluding hydrogens is 296 g/mol. The van der Waals surface area contributed by atoms with Crippen LogP contribution in [0.15, 0.2) is 30.5 Å². The molecule has 0 N–H and O–H groups in total. The molecular formula is C14H13ClN2O2S. The lowest BCUT2D eigenvalue weighted by Gasteiger charge is -2.12. The predicted molar refractivity (Wildman–Crippen MR) is 79.5 cm³/mol. The van der Waals surface area contributed by atoms with Gasteiger partial charge in [-0.1, -0.05) is 12.1 Å². The Morgan fingerprint density at radius 1 is 1.45 bits per heavy atom. The standard InChI is InChI=1S/C14H13ClN2O2S/c15-14(18)11-3-1-2-10(9-4-5-9)12(11)8-19-13-6-7-17(20)16-13/h1-3,6-7,9,20H,4-5,8H2. The Labute approximate surface area is 127 Å².